The molecule has 0 spiro atoms. The number of nitrogens with one attached hydrogen (secondary N) is 1. The average molecular weight is 158 g/mol. The van der Waals surface area contributed by atoms with Gasteiger partial charge in [0.25, 0.3) is 5.78 Å². The molecule has 1 aliphatic heterocycles. The molecule has 0 atom stereocenters. The molecular weight excluding hydrogens is 148 g/mol. The number of ketones is 1. The summed E-state index contributed by atoms with van der Waals surface area (Å²) in [5, 5.41) is 11.2. The van der Waals surface area contributed by atoms with Crippen molar-refractivity contribution in [1.82, 2.24) is 10.2 Å². The minimum absolute atomic E-state index is 0.0162. The highest BCUT2D eigenvalue weighted by atomic mass is 16.4. The van der Waals surface area contributed by atoms with E-state index in [-0.39, 0.29) is 6.54 Å². The van der Waals surface area contributed by atoms with Crippen LogP contribution < -0.4 is 5.32 Å². The second-order valence-corrected chi connectivity index (χ2v) is 2.44. The summed E-state index contributed by atoms with van der Waals surface area (Å²) < 4.78 is 0. The molecule has 1 saturated heterocycles. The van der Waals surface area contributed by atoms with E-state index in [0.29, 0.717) is 6.67 Å². The maximum absolute atomic E-state index is 10.6. The first-order valence-corrected chi connectivity index (χ1v) is 3.39. The zero-order valence-electron chi connectivity index (χ0n) is 6.04. The molecule has 1 aliphatic rings. The van der Waals surface area contributed by atoms with Crippen molar-refractivity contribution in [1.29, 1.82) is 0 Å². The van der Waals surface area contributed by atoms with Gasteiger partial charge in [-0.15, -0.1) is 0 Å². The Bertz CT molecular complexity index is 175. The molecule has 0 unspecified atom stereocenters. The van der Waals surface area contributed by atoms with Gasteiger partial charge in [0.15, 0.2) is 0 Å². The van der Waals surface area contributed by atoms with Crippen LogP contribution in [0.4, 0.5) is 0 Å². The lowest BCUT2D eigenvalue weighted by Gasteiger charge is -2.09. The third-order valence-electron chi connectivity index (χ3n) is 1.55. The van der Waals surface area contributed by atoms with Crippen LogP contribution in [0.15, 0.2) is 0 Å². The summed E-state index contributed by atoms with van der Waals surface area (Å²) in [6.45, 7) is 2.20. The SMILES string of the molecule is O=C(O)C(=O)CN1CCNC1. The predicted molar refractivity (Wildman–Crippen MR) is 37.1 cm³/mol. The van der Waals surface area contributed by atoms with Crippen molar-refractivity contribution < 1.29 is 14.7 Å². The molecule has 11 heavy (non-hydrogen) atoms. The normalized spacial score (nSPS) is 18.5. The number of aliphatic carboxylic acids is 1. The first-order valence-electron chi connectivity index (χ1n) is 3.39. The molecule has 1 rings (SSSR count). The summed E-state index contributed by atoms with van der Waals surface area (Å²) in [6, 6.07) is 0. The second-order valence-electron chi connectivity index (χ2n) is 2.44. The molecular formula is C6H10N2O3. The Balaban J connectivity index is 2.29. The Hall–Kier alpha value is -0.940. The summed E-state index contributed by atoms with van der Waals surface area (Å²) >= 11 is 0. The zero-order chi connectivity index (χ0) is 8.27. The highest BCUT2D eigenvalue weighted by molar-refractivity contribution is 6.33. The molecule has 0 bridgehead atoms. The molecule has 62 valence electrons. The molecule has 0 radical (unpaired) electrons. The number of carboxylic acids is 1. The van der Waals surface area contributed by atoms with E-state index in [1.54, 1.807) is 4.90 Å². The van der Waals surface area contributed by atoms with Crippen LogP contribution in [0.3, 0.4) is 0 Å². The van der Waals surface area contributed by atoms with Gasteiger partial charge in [-0.25, -0.2) is 4.79 Å². The van der Waals surface area contributed by atoms with E-state index < -0.39 is 11.8 Å². The number of hydrogen-bond acceptors (Lipinski definition) is 4. The third kappa shape index (κ3) is 2.28. The smallest absolute Gasteiger partial charge is 0.373 e. The fraction of sp³-hybridized carbons (Fsp3) is 0.667. The lowest BCUT2D eigenvalue weighted by molar-refractivity contribution is -0.149. The van der Waals surface area contributed by atoms with Gasteiger partial charge in [0.2, 0.25) is 0 Å². The molecule has 1 fully saturated rings. The van der Waals surface area contributed by atoms with Crippen molar-refractivity contribution in [2.45, 2.75) is 0 Å². The highest BCUT2D eigenvalue weighted by Gasteiger charge is 2.18. The van der Waals surface area contributed by atoms with Gasteiger partial charge in [-0.05, 0) is 0 Å². The van der Waals surface area contributed by atoms with Crippen molar-refractivity contribution in [2.24, 2.45) is 0 Å². The maximum Gasteiger partial charge on any atom is 0.373 e. The molecule has 0 amide bonds. The van der Waals surface area contributed by atoms with Crippen molar-refractivity contribution in [3.05, 3.63) is 0 Å². The van der Waals surface area contributed by atoms with Gasteiger partial charge < -0.3 is 10.4 Å². The molecule has 0 aliphatic carbocycles. The van der Waals surface area contributed by atoms with E-state index in [0.717, 1.165) is 13.1 Å². The number of carbonyl (C=O) groups excluding carboxylic acids is 1. The van der Waals surface area contributed by atoms with Gasteiger partial charge in [-0.3, -0.25) is 9.69 Å². The molecule has 0 aromatic heterocycles. The lowest BCUT2D eigenvalue weighted by Crippen LogP contribution is -2.32. The van der Waals surface area contributed by atoms with Crippen LogP contribution in [-0.2, 0) is 9.59 Å². The molecule has 0 aromatic carbocycles. The number of nitrogens with zero attached hydrogens (tertiary/aromatic N) is 1. The van der Waals surface area contributed by atoms with Crippen LogP contribution in [-0.4, -0.2) is 48.1 Å². The Kier molecular flexibility index (Phi) is 2.56. The van der Waals surface area contributed by atoms with Crippen molar-refractivity contribution in [2.75, 3.05) is 26.3 Å². The van der Waals surface area contributed by atoms with E-state index in [2.05, 4.69) is 5.32 Å². The number of hydrogen-bond donors (Lipinski definition) is 2. The second kappa shape index (κ2) is 3.45. The van der Waals surface area contributed by atoms with Crippen molar-refractivity contribution in [3.8, 4) is 0 Å². The summed E-state index contributed by atoms with van der Waals surface area (Å²) in [7, 11) is 0. The van der Waals surface area contributed by atoms with Gasteiger partial charge in [-0.1, -0.05) is 0 Å². The lowest BCUT2D eigenvalue weighted by atomic mass is 10.4. The molecule has 0 aromatic rings. The van der Waals surface area contributed by atoms with E-state index in [9.17, 15) is 9.59 Å². The Morgan fingerprint density at radius 2 is 2.27 bits per heavy atom. The topological polar surface area (TPSA) is 69.6 Å². The van der Waals surface area contributed by atoms with Gasteiger partial charge in [0.05, 0.1) is 6.54 Å². The summed E-state index contributed by atoms with van der Waals surface area (Å²) in [4.78, 5) is 22.5. The molecule has 1 heterocycles. The Labute approximate surface area is 64.0 Å². The van der Waals surface area contributed by atoms with Gasteiger partial charge in [-0.2, -0.15) is 0 Å². The molecule has 5 nitrogen and oxygen atoms in total. The van der Waals surface area contributed by atoms with Crippen molar-refractivity contribution in [3.63, 3.8) is 0 Å². The first-order chi connectivity index (χ1) is 5.20. The van der Waals surface area contributed by atoms with Crippen LogP contribution in [0, 0.1) is 0 Å². The van der Waals surface area contributed by atoms with Crippen LogP contribution in [0.1, 0.15) is 0 Å². The van der Waals surface area contributed by atoms with Gasteiger partial charge >= 0.3 is 5.97 Å². The molecule has 0 saturated carbocycles. The Morgan fingerprint density at radius 1 is 1.55 bits per heavy atom. The van der Waals surface area contributed by atoms with Crippen LogP contribution in [0.25, 0.3) is 0 Å². The fourth-order valence-corrected chi connectivity index (χ4v) is 0.959. The Morgan fingerprint density at radius 3 is 2.73 bits per heavy atom. The largest absolute Gasteiger partial charge is 0.475 e. The molecule has 5 heteroatoms. The quantitative estimate of drug-likeness (QED) is 0.489. The van der Waals surface area contributed by atoms with Gasteiger partial charge in [0, 0.05) is 19.8 Å². The summed E-state index contributed by atoms with van der Waals surface area (Å²) in [5.41, 5.74) is 0. The minimum Gasteiger partial charge on any atom is -0.475 e. The van der Waals surface area contributed by atoms with Gasteiger partial charge in [0.1, 0.15) is 0 Å². The number of carbonyl (C=O) groups is 2. The van der Waals surface area contributed by atoms with E-state index in [1.165, 1.54) is 0 Å². The van der Waals surface area contributed by atoms with Crippen LogP contribution in [0.5, 0.6) is 0 Å². The maximum atomic E-state index is 10.6. The highest BCUT2D eigenvalue weighted by Crippen LogP contribution is 1.91. The standard InChI is InChI=1S/C6H10N2O3/c9-5(6(10)11)3-8-2-1-7-4-8/h7H,1-4H2,(H,10,11). The minimum atomic E-state index is -1.35. The zero-order valence-corrected chi connectivity index (χ0v) is 6.04. The molecule has 2 N–H and O–H groups in total. The third-order valence-corrected chi connectivity index (χ3v) is 1.55. The van der Waals surface area contributed by atoms with E-state index >= 15 is 0 Å². The van der Waals surface area contributed by atoms with E-state index in [1.807, 2.05) is 0 Å². The number of carboxylic acid groups (broad SMARTS) is 1. The first kappa shape index (κ1) is 8.16. The summed E-state index contributed by atoms with van der Waals surface area (Å²) in [6.07, 6.45) is 0. The van der Waals surface area contributed by atoms with Crippen LogP contribution in [0.2, 0.25) is 0 Å². The van der Waals surface area contributed by atoms with Crippen molar-refractivity contribution >= 4 is 11.8 Å². The summed E-state index contributed by atoms with van der Waals surface area (Å²) in [5.74, 6) is -2.09. The average Bonchev–Trinajstić information content (AvgIpc) is 2.39. The van der Waals surface area contributed by atoms with E-state index in [4.69, 9.17) is 5.11 Å². The fourth-order valence-electron chi connectivity index (χ4n) is 0.959. The number of rotatable bonds is 3. The number of Topliss-reactive ketones (excluding diaryl/α,β-unsaturated/α-hetero) is 1. The predicted octanol–water partition coefficient (Wildman–Crippen LogP) is -1.50. The van der Waals surface area contributed by atoms with Crippen LogP contribution >= 0.6 is 0 Å². The monoisotopic (exact) mass is 158 g/mol.